The molecule has 0 saturated carbocycles. The first-order chi connectivity index (χ1) is 9.31. The van der Waals surface area contributed by atoms with Crippen molar-refractivity contribution < 1.29 is 9.63 Å². The van der Waals surface area contributed by atoms with Crippen molar-refractivity contribution in [2.75, 3.05) is 0 Å². The second-order valence-electron chi connectivity index (χ2n) is 3.98. The van der Waals surface area contributed by atoms with Crippen molar-refractivity contribution in [3.05, 3.63) is 54.4 Å². The van der Waals surface area contributed by atoms with Crippen molar-refractivity contribution in [3.8, 4) is 17.2 Å². The van der Waals surface area contributed by atoms with Crippen molar-refractivity contribution in [3.63, 3.8) is 0 Å². The number of nitrogens with zero attached hydrogens (tertiary/aromatic N) is 4. The monoisotopic (exact) mass is 254 g/mol. The maximum atomic E-state index is 9.36. The summed E-state index contributed by atoms with van der Waals surface area (Å²) in [6.45, 7) is 0. The van der Waals surface area contributed by atoms with Crippen molar-refractivity contribution in [1.29, 1.82) is 0 Å². The normalized spacial score (nSPS) is 10.5. The molecule has 3 aromatic heterocycles. The van der Waals surface area contributed by atoms with Crippen LogP contribution in [-0.4, -0.2) is 25.2 Å². The van der Waals surface area contributed by atoms with Crippen LogP contribution in [0.15, 0.2) is 47.5 Å². The smallest absolute Gasteiger partial charge is 0.259 e. The third-order valence-corrected chi connectivity index (χ3v) is 2.55. The van der Waals surface area contributed by atoms with Gasteiger partial charge in [-0.25, -0.2) is 0 Å². The van der Waals surface area contributed by atoms with Gasteiger partial charge in [0.1, 0.15) is 5.75 Å². The van der Waals surface area contributed by atoms with Crippen LogP contribution in [-0.2, 0) is 6.42 Å². The number of aromatic hydroxyl groups is 1. The molecule has 0 saturated heterocycles. The fourth-order valence-electron chi connectivity index (χ4n) is 1.67. The van der Waals surface area contributed by atoms with Crippen LogP contribution in [0.5, 0.6) is 5.75 Å². The van der Waals surface area contributed by atoms with Crippen molar-refractivity contribution >= 4 is 0 Å². The van der Waals surface area contributed by atoms with Crippen molar-refractivity contribution in [2.24, 2.45) is 0 Å². The van der Waals surface area contributed by atoms with Gasteiger partial charge in [0, 0.05) is 25.0 Å². The van der Waals surface area contributed by atoms with Gasteiger partial charge in [-0.2, -0.15) is 4.98 Å². The lowest BCUT2D eigenvalue weighted by Crippen LogP contribution is -1.90. The molecule has 6 heteroatoms. The molecule has 0 radical (unpaired) electrons. The zero-order valence-corrected chi connectivity index (χ0v) is 9.89. The standard InChI is InChI=1S/C13H10N4O2/c18-11-6-10(7-15-8-11)13-16-12(17-19-13)5-9-1-3-14-4-2-9/h1-4,6-8,18H,5H2. The summed E-state index contributed by atoms with van der Waals surface area (Å²) < 4.78 is 5.15. The molecule has 6 nitrogen and oxygen atoms in total. The fraction of sp³-hybridized carbons (Fsp3) is 0.0769. The molecular weight excluding hydrogens is 244 g/mol. The number of aromatic nitrogens is 4. The highest BCUT2D eigenvalue weighted by Gasteiger charge is 2.10. The van der Waals surface area contributed by atoms with Crippen LogP contribution < -0.4 is 0 Å². The second-order valence-corrected chi connectivity index (χ2v) is 3.98. The minimum Gasteiger partial charge on any atom is -0.506 e. The van der Waals surface area contributed by atoms with E-state index in [1.54, 1.807) is 18.6 Å². The molecule has 1 N–H and O–H groups in total. The average Bonchev–Trinajstić information content (AvgIpc) is 2.88. The van der Waals surface area contributed by atoms with E-state index in [0.29, 0.717) is 23.7 Å². The molecule has 0 aromatic carbocycles. The third-order valence-electron chi connectivity index (χ3n) is 2.55. The lowest BCUT2D eigenvalue weighted by Gasteiger charge is -1.94. The summed E-state index contributed by atoms with van der Waals surface area (Å²) in [5.41, 5.74) is 1.64. The Hall–Kier alpha value is -2.76. The van der Waals surface area contributed by atoms with E-state index in [4.69, 9.17) is 4.52 Å². The Morgan fingerprint density at radius 1 is 1.11 bits per heavy atom. The van der Waals surface area contributed by atoms with Gasteiger partial charge in [0.15, 0.2) is 5.82 Å². The Morgan fingerprint density at radius 2 is 1.95 bits per heavy atom. The molecule has 94 valence electrons. The van der Waals surface area contributed by atoms with Crippen LogP contribution in [0.4, 0.5) is 0 Å². The Morgan fingerprint density at radius 3 is 2.74 bits per heavy atom. The average molecular weight is 254 g/mol. The number of pyridine rings is 2. The topological polar surface area (TPSA) is 84.9 Å². The summed E-state index contributed by atoms with van der Waals surface area (Å²) in [7, 11) is 0. The van der Waals surface area contributed by atoms with Gasteiger partial charge in [-0.1, -0.05) is 5.16 Å². The van der Waals surface area contributed by atoms with Gasteiger partial charge in [0.25, 0.3) is 5.89 Å². The van der Waals surface area contributed by atoms with E-state index in [2.05, 4.69) is 20.1 Å². The van der Waals surface area contributed by atoms with Crippen LogP contribution >= 0.6 is 0 Å². The van der Waals surface area contributed by atoms with E-state index in [1.165, 1.54) is 12.3 Å². The van der Waals surface area contributed by atoms with E-state index < -0.39 is 0 Å². The molecule has 0 bridgehead atoms. The first-order valence-corrected chi connectivity index (χ1v) is 5.67. The Labute approximate surface area is 108 Å². The van der Waals surface area contributed by atoms with Crippen LogP contribution in [0, 0.1) is 0 Å². The molecule has 0 fully saturated rings. The minimum absolute atomic E-state index is 0.0615. The van der Waals surface area contributed by atoms with Gasteiger partial charge in [0.2, 0.25) is 0 Å². The molecule has 19 heavy (non-hydrogen) atoms. The van der Waals surface area contributed by atoms with Crippen molar-refractivity contribution in [2.45, 2.75) is 6.42 Å². The zero-order valence-electron chi connectivity index (χ0n) is 9.89. The molecule has 0 aliphatic carbocycles. The SMILES string of the molecule is Oc1cncc(-c2nc(Cc3ccncc3)no2)c1. The summed E-state index contributed by atoms with van der Waals surface area (Å²) in [6.07, 6.45) is 6.91. The van der Waals surface area contributed by atoms with Gasteiger partial charge in [0.05, 0.1) is 11.8 Å². The fourth-order valence-corrected chi connectivity index (χ4v) is 1.67. The molecular formula is C13H10N4O2. The Balaban J connectivity index is 1.84. The number of rotatable bonds is 3. The van der Waals surface area contributed by atoms with Gasteiger partial charge in [-0.05, 0) is 23.8 Å². The molecule has 3 heterocycles. The van der Waals surface area contributed by atoms with E-state index >= 15 is 0 Å². The molecule has 0 aliphatic heterocycles. The lowest BCUT2D eigenvalue weighted by atomic mass is 10.2. The van der Waals surface area contributed by atoms with Gasteiger partial charge in [-0.3, -0.25) is 9.97 Å². The molecule has 0 spiro atoms. The molecule has 0 aliphatic rings. The molecule has 3 rings (SSSR count). The quantitative estimate of drug-likeness (QED) is 0.767. The molecule has 3 aromatic rings. The van der Waals surface area contributed by atoms with Crippen LogP contribution in [0.3, 0.4) is 0 Å². The summed E-state index contributed by atoms with van der Waals surface area (Å²) in [6, 6.07) is 5.31. The van der Waals surface area contributed by atoms with Gasteiger partial charge >= 0.3 is 0 Å². The predicted octanol–water partition coefficient (Wildman–Crippen LogP) is 1.82. The Bertz CT molecular complexity index is 682. The summed E-state index contributed by atoms with van der Waals surface area (Å²) in [5.74, 6) is 0.975. The zero-order chi connectivity index (χ0) is 13.1. The van der Waals surface area contributed by atoms with E-state index in [0.717, 1.165) is 5.56 Å². The lowest BCUT2D eigenvalue weighted by molar-refractivity contribution is 0.423. The summed E-state index contributed by atoms with van der Waals surface area (Å²) in [4.78, 5) is 12.1. The van der Waals surface area contributed by atoms with E-state index in [1.807, 2.05) is 12.1 Å². The minimum atomic E-state index is 0.0615. The highest BCUT2D eigenvalue weighted by Crippen LogP contribution is 2.20. The van der Waals surface area contributed by atoms with Crippen LogP contribution in [0.25, 0.3) is 11.5 Å². The van der Waals surface area contributed by atoms with E-state index in [-0.39, 0.29) is 5.75 Å². The Kier molecular flexibility index (Phi) is 2.89. The molecule has 0 atom stereocenters. The van der Waals surface area contributed by atoms with E-state index in [9.17, 15) is 5.11 Å². The number of hydrogen-bond acceptors (Lipinski definition) is 6. The molecule has 0 unspecified atom stereocenters. The summed E-state index contributed by atoms with van der Waals surface area (Å²) >= 11 is 0. The number of hydrogen-bond donors (Lipinski definition) is 1. The molecule has 0 amide bonds. The van der Waals surface area contributed by atoms with Gasteiger partial charge < -0.3 is 9.63 Å². The van der Waals surface area contributed by atoms with Crippen LogP contribution in [0.1, 0.15) is 11.4 Å². The third kappa shape index (κ3) is 2.57. The first kappa shape index (κ1) is 11.3. The highest BCUT2D eigenvalue weighted by atomic mass is 16.5. The second kappa shape index (κ2) is 4.85. The van der Waals surface area contributed by atoms with Crippen molar-refractivity contribution in [1.82, 2.24) is 20.1 Å². The maximum Gasteiger partial charge on any atom is 0.259 e. The predicted molar refractivity (Wildman–Crippen MR) is 66.2 cm³/mol. The van der Waals surface area contributed by atoms with Crippen LogP contribution in [0.2, 0.25) is 0 Å². The highest BCUT2D eigenvalue weighted by molar-refractivity contribution is 5.53. The maximum absolute atomic E-state index is 9.36. The van der Waals surface area contributed by atoms with Gasteiger partial charge in [-0.15, -0.1) is 0 Å². The summed E-state index contributed by atoms with van der Waals surface area (Å²) in [5, 5.41) is 13.3. The first-order valence-electron chi connectivity index (χ1n) is 5.67. The largest absolute Gasteiger partial charge is 0.506 e.